The van der Waals surface area contributed by atoms with Gasteiger partial charge >= 0.3 is 0 Å². The van der Waals surface area contributed by atoms with E-state index in [0.717, 1.165) is 11.3 Å². The van der Waals surface area contributed by atoms with Gasteiger partial charge in [0.15, 0.2) is 17.3 Å². The molecule has 9 heteroatoms. The van der Waals surface area contributed by atoms with Crippen LogP contribution in [0.25, 0.3) is 0 Å². The fourth-order valence-corrected chi connectivity index (χ4v) is 3.51. The van der Waals surface area contributed by atoms with Crippen LogP contribution >= 0.6 is 11.6 Å². The van der Waals surface area contributed by atoms with Gasteiger partial charge in [0.2, 0.25) is 0 Å². The van der Waals surface area contributed by atoms with Crippen LogP contribution in [-0.2, 0) is 18.0 Å². The number of rotatable bonds is 10. The van der Waals surface area contributed by atoms with Gasteiger partial charge in [-0.25, -0.2) is 9.37 Å². The van der Waals surface area contributed by atoms with Crippen LogP contribution in [0.3, 0.4) is 0 Å². The van der Waals surface area contributed by atoms with Gasteiger partial charge in [0.05, 0.1) is 24.5 Å². The average Bonchev–Trinajstić information content (AvgIpc) is 2.79. The molecular weight excluding hydrogens is 459 g/mol. The second kappa shape index (κ2) is 12.0. The van der Waals surface area contributed by atoms with E-state index in [1.807, 2.05) is 13.8 Å². The lowest BCUT2D eigenvalue weighted by atomic mass is 10.1. The van der Waals surface area contributed by atoms with E-state index in [-0.39, 0.29) is 19.0 Å². The zero-order chi connectivity index (χ0) is 24.5. The van der Waals surface area contributed by atoms with Crippen molar-refractivity contribution in [1.29, 1.82) is 5.26 Å². The topological polar surface area (TPSA) is 88.8 Å². The monoisotopic (exact) mass is 482 g/mol. The highest BCUT2D eigenvalue weighted by Crippen LogP contribution is 2.37. The molecule has 2 aromatic carbocycles. The minimum Gasteiger partial charge on any atom is -0.490 e. The zero-order valence-electron chi connectivity index (χ0n) is 19.1. The van der Waals surface area contributed by atoms with E-state index in [9.17, 15) is 9.65 Å². The summed E-state index contributed by atoms with van der Waals surface area (Å²) in [5.74, 6) is 0.779. The molecule has 0 spiro atoms. The number of aromatic nitrogens is 1. The molecule has 0 aliphatic carbocycles. The van der Waals surface area contributed by atoms with Crippen molar-refractivity contribution in [3.05, 3.63) is 81.3 Å². The summed E-state index contributed by atoms with van der Waals surface area (Å²) in [7, 11) is 1.56. The van der Waals surface area contributed by atoms with Crippen LogP contribution in [-0.4, -0.2) is 24.9 Å². The molecule has 0 radical (unpaired) electrons. The number of aryl methyl sites for hydroxylation is 1. The largest absolute Gasteiger partial charge is 0.490 e. The van der Waals surface area contributed by atoms with Gasteiger partial charge in [-0.05, 0) is 55.3 Å². The van der Waals surface area contributed by atoms with Crippen LogP contribution in [0.2, 0.25) is 5.02 Å². The third-order valence-electron chi connectivity index (χ3n) is 4.63. The number of nitriles is 1. The van der Waals surface area contributed by atoms with E-state index in [2.05, 4.69) is 21.6 Å². The molecule has 0 unspecified atom stereocenters. The first-order valence-corrected chi connectivity index (χ1v) is 10.8. The molecule has 1 heterocycles. The summed E-state index contributed by atoms with van der Waals surface area (Å²) in [6.45, 7) is 4.48. The first-order chi connectivity index (χ1) is 16.4. The van der Waals surface area contributed by atoms with Crippen LogP contribution in [0.1, 0.15) is 34.9 Å². The van der Waals surface area contributed by atoms with E-state index >= 15 is 0 Å². The third-order valence-corrected chi connectivity index (χ3v) is 4.91. The number of benzene rings is 2. The SMILES string of the molecule is CCOc1cc(/C=N/Nc2nc(C)cc(COC)c2C#N)cc(Cl)c1OCc1cccc(F)c1. The highest BCUT2D eigenvalue weighted by Gasteiger charge is 2.14. The molecule has 176 valence electrons. The fraction of sp³-hybridized carbons (Fsp3) is 0.240. The smallest absolute Gasteiger partial charge is 0.180 e. The molecule has 1 N–H and O–H groups in total. The number of hydrazone groups is 1. The Hall–Kier alpha value is -3.67. The summed E-state index contributed by atoms with van der Waals surface area (Å²) >= 11 is 6.46. The molecule has 0 saturated heterocycles. The van der Waals surface area contributed by atoms with Crippen LogP contribution in [0.5, 0.6) is 11.5 Å². The normalized spacial score (nSPS) is 10.8. The second-order valence-corrected chi connectivity index (χ2v) is 7.65. The minimum atomic E-state index is -0.340. The van der Waals surface area contributed by atoms with Crippen molar-refractivity contribution in [2.45, 2.75) is 27.1 Å². The summed E-state index contributed by atoms with van der Waals surface area (Å²) < 4.78 is 30.1. The van der Waals surface area contributed by atoms with Gasteiger partial charge in [-0.2, -0.15) is 10.4 Å². The number of halogens is 2. The van der Waals surface area contributed by atoms with E-state index in [0.29, 0.717) is 45.6 Å². The maximum atomic E-state index is 13.4. The van der Waals surface area contributed by atoms with Crippen LogP contribution in [0.15, 0.2) is 47.6 Å². The number of ether oxygens (including phenoxy) is 3. The Morgan fingerprint density at radius 1 is 1.21 bits per heavy atom. The van der Waals surface area contributed by atoms with Gasteiger partial charge in [-0.15, -0.1) is 0 Å². The zero-order valence-corrected chi connectivity index (χ0v) is 19.8. The number of methoxy groups -OCH3 is 1. The highest BCUT2D eigenvalue weighted by molar-refractivity contribution is 6.32. The molecule has 0 aliphatic heterocycles. The number of hydrogen-bond donors (Lipinski definition) is 1. The molecule has 3 aromatic rings. The molecule has 0 aliphatic rings. The van der Waals surface area contributed by atoms with Crippen molar-refractivity contribution in [3.63, 3.8) is 0 Å². The number of anilines is 1. The lowest BCUT2D eigenvalue weighted by molar-refractivity contribution is 0.184. The molecular formula is C25H24ClFN4O3. The Kier molecular flexibility index (Phi) is 8.79. The van der Waals surface area contributed by atoms with Gasteiger partial charge in [-0.1, -0.05) is 23.7 Å². The molecule has 0 bridgehead atoms. The standard InChI is InChI=1S/C25H24ClFN4O3/c1-4-33-23-11-18(10-22(26)24(23)34-14-17-6-5-7-20(27)9-17)13-29-31-25-21(12-28)19(15-32-3)8-16(2)30-25/h5-11,13H,4,14-15H2,1-3H3,(H,30,31)/b29-13+. The Bertz CT molecular complexity index is 1230. The van der Waals surface area contributed by atoms with Gasteiger partial charge in [0.1, 0.15) is 24.1 Å². The van der Waals surface area contributed by atoms with Gasteiger partial charge in [-0.3, -0.25) is 5.43 Å². The highest BCUT2D eigenvalue weighted by atomic mass is 35.5. The van der Waals surface area contributed by atoms with E-state index < -0.39 is 0 Å². The predicted octanol–water partition coefficient (Wildman–Crippen LogP) is 5.62. The summed E-state index contributed by atoms with van der Waals surface area (Å²) in [6, 6.07) is 13.5. The summed E-state index contributed by atoms with van der Waals surface area (Å²) in [5, 5.41) is 14.1. The van der Waals surface area contributed by atoms with Crippen LogP contribution < -0.4 is 14.9 Å². The minimum absolute atomic E-state index is 0.131. The van der Waals surface area contributed by atoms with Crippen molar-refractivity contribution in [2.24, 2.45) is 5.10 Å². The molecule has 0 fully saturated rings. The summed E-state index contributed by atoms with van der Waals surface area (Å²) in [6.07, 6.45) is 1.53. The van der Waals surface area contributed by atoms with E-state index in [1.54, 1.807) is 37.4 Å². The third kappa shape index (κ3) is 6.44. The lowest BCUT2D eigenvalue weighted by Crippen LogP contribution is -2.04. The average molecular weight is 483 g/mol. The van der Waals surface area contributed by atoms with Gasteiger partial charge in [0, 0.05) is 18.4 Å². The lowest BCUT2D eigenvalue weighted by Gasteiger charge is -2.14. The quantitative estimate of drug-likeness (QED) is 0.298. The molecule has 0 amide bonds. The van der Waals surface area contributed by atoms with Crippen molar-refractivity contribution in [2.75, 3.05) is 19.1 Å². The first-order valence-electron chi connectivity index (χ1n) is 10.5. The molecule has 0 saturated carbocycles. The van der Waals surface area contributed by atoms with Gasteiger partial charge in [0.25, 0.3) is 0 Å². The van der Waals surface area contributed by atoms with Crippen LogP contribution in [0.4, 0.5) is 10.2 Å². The maximum Gasteiger partial charge on any atom is 0.180 e. The number of hydrogen-bond acceptors (Lipinski definition) is 7. The second-order valence-electron chi connectivity index (χ2n) is 7.24. The predicted molar refractivity (Wildman–Crippen MR) is 129 cm³/mol. The van der Waals surface area contributed by atoms with Crippen molar-refractivity contribution in [3.8, 4) is 17.6 Å². The van der Waals surface area contributed by atoms with Gasteiger partial charge < -0.3 is 14.2 Å². The van der Waals surface area contributed by atoms with E-state index in [1.165, 1.54) is 18.3 Å². The molecule has 3 rings (SSSR count). The van der Waals surface area contributed by atoms with E-state index in [4.69, 9.17) is 25.8 Å². The summed E-state index contributed by atoms with van der Waals surface area (Å²) in [5.41, 5.74) is 5.93. The Balaban J connectivity index is 1.81. The van der Waals surface area contributed by atoms with Crippen molar-refractivity contribution >= 4 is 23.6 Å². The Labute approximate surface area is 202 Å². The number of pyridine rings is 1. The molecule has 0 atom stereocenters. The molecule has 34 heavy (non-hydrogen) atoms. The Morgan fingerprint density at radius 2 is 2.03 bits per heavy atom. The summed E-state index contributed by atoms with van der Waals surface area (Å²) in [4.78, 5) is 4.36. The molecule has 7 nitrogen and oxygen atoms in total. The Morgan fingerprint density at radius 3 is 2.74 bits per heavy atom. The maximum absolute atomic E-state index is 13.4. The number of nitrogens with one attached hydrogen (secondary N) is 1. The van der Waals surface area contributed by atoms with Crippen molar-refractivity contribution in [1.82, 2.24) is 4.98 Å². The number of nitrogens with zero attached hydrogens (tertiary/aromatic N) is 3. The van der Waals surface area contributed by atoms with Crippen LogP contribution in [0, 0.1) is 24.1 Å². The first kappa shape index (κ1) is 25.0. The van der Waals surface area contributed by atoms with Crippen molar-refractivity contribution < 1.29 is 18.6 Å². The molecule has 1 aromatic heterocycles. The fourth-order valence-electron chi connectivity index (χ4n) is 3.23.